The molecule has 2 amide bonds. The summed E-state index contributed by atoms with van der Waals surface area (Å²) in [5.41, 5.74) is 0.581. The van der Waals surface area contributed by atoms with Crippen LogP contribution < -0.4 is 10.6 Å². The number of nitrogens with one attached hydrogen (secondary N) is 2. The van der Waals surface area contributed by atoms with Crippen molar-refractivity contribution in [2.45, 2.75) is 9.79 Å². The van der Waals surface area contributed by atoms with Gasteiger partial charge in [-0.1, -0.05) is 48.2 Å². The number of benzene rings is 2. The zero-order valence-corrected chi connectivity index (χ0v) is 14.0. The lowest BCUT2D eigenvalue weighted by Crippen LogP contribution is -2.29. The highest BCUT2D eigenvalue weighted by Gasteiger charge is 2.16. The Labute approximate surface area is 149 Å². The Balaban J connectivity index is 1.70. The maximum absolute atomic E-state index is 12.2. The molecule has 0 unspecified atom stereocenters. The first kappa shape index (κ1) is 16.7. The van der Waals surface area contributed by atoms with Crippen LogP contribution in [-0.2, 0) is 9.59 Å². The Morgan fingerprint density at radius 1 is 0.760 bits per heavy atom. The van der Waals surface area contributed by atoms with Gasteiger partial charge in [0.2, 0.25) is 0 Å². The number of rotatable bonds is 4. The number of nitrogens with zero attached hydrogens (tertiary/aromatic N) is 1. The average molecular weight is 349 g/mol. The summed E-state index contributed by atoms with van der Waals surface area (Å²) in [6.45, 7) is 0. The Bertz CT molecular complexity index is 870. The standard InChI is InChI=1S/C19H15N3O2S/c23-18(19(24)22-17-12-6-7-13-20-17)21-15-10-4-5-11-16(15)25-14-8-2-1-3-9-14/h1-13H,(H,21,23)(H,20,22,24). The summed E-state index contributed by atoms with van der Waals surface area (Å²) >= 11 is 1.51. The fraction of sp³-hybridized carbons (Fsp3) is 0. The van der Waals surface area contributed by atoms with Gasteiger partial charge < -0.3 is 10.6 Å². The highest BCUT2D eigenvalue weighted by Crippen LogP contribution is 2.33. The summed E-state index contributed by atoms with van der Waals surface area (Å²) in [6.07, 6.45) is 1.54. The number of anilines is 2. The van der Waals surface area contributed by atoms with E-state index >= 15 is 0 Å². The van der Waals surface area contributed by atoms with E-state index in [0.29, 0.717) is 11.5 Å². The van der Waals surface area contributed by atoms with Crippen molar-refractivity contribution in [1.82, 2.24) is 4.98 Å². The minimum Gasteiger partial charge on any atom is -0.317 e. The van der Waals surface area contributed by atoms with Crippen LogP contribution in [0.2, 0.25) is 0 Å². The van der Waals surface area contributed by atoms with Gasteiger partial charge in [-0.15, -0.1) is 0 Å². The van der Waals surface area contributed by atoms with Gasteiger partial charge >= 0.3 is 11.8 Å². The molecular weight excluding hydrogens is 334 g/mol. The van der Waals surface area contributed by atoms with Gasteiger partial charge in [0.05, 0.1) is 5.69 Å². The summed E-state index contributed by atoms with van der Waals surface area (Å²) < 4.78 is 0. The van der Waals surface area contributed by atoms with Gasteiger partial charge in [0.1, 0.15) is 5.82 Å². The van der Waals surface area contributed by atoms with Crippen LogP contribution in [0, 0.1) is 0 Å². The molecule has 2 N–H and O–H groups in total. The highest BCUT2D eigenvalue weighted by molar-refractivity contribution is 7.99. The molecule has 3 aromatic rings. The molecule has 0 radical (unpaired) electrons. The lowest BCUT2D eigenvalue weighted by Gasteiger charge is -2.10. The van der Waals surface area contributed by atoms with Crippen LogP contribution in [0.15, 0.2) is 88.8 Å². The molecule has 0 saturated carbocycles. The number of hydrogen-bond donors (Lipinski definition) is 2. The van der Waals surface area contributed by atoms with Crippen LogP contribution in [0.3, 0.4) is 0 Å². The van der Waals surface area contributed by atoms with Gasteiger partial charge in [-0.25, -0.2) is 4.98 Å². The van der Waals surface area contributed by atoms with Gasteiger partial charge in [-0.3, -0.25) is 9.59 Å². The number of carbonyl (C=O) groups excluding carboxylic acids is 2. The fourth-order valence-electron chi connectivity index (χ4n) is 2.06. The first-order chi connectivity index (χ1) is 12.2. The second-order valence-electron chi connectivity index (χ2n) is 5.03. The van der Waals surface area contributed by atoms with Crippen molar-refractivity contribution < 1.29 is 9.59 Å². The van der Waals surface area contributed by atoms with Gasteiger partial charge in [0.15, 0.2) is 0 Å². The van der Waals surface area contributed by atoms with Crippen molar-refractivity contribution >= 4 is 35.1 Å². The van der Waals surface area contributed by atoms with Crippen LogP contribution in [0.5, 0.6) is 0 Å². The zero-order chi connectivity index (χ0) is 17.5. The molecule has 5 nitrogen and oxygen atoms in total. The molecular formula is C19H15N3O2S. The predicted molar refractivity (Wildman–Crippen MR) is 98.5 cm³/mol. The van der Waals surface area contributed by atoms with E-state index in [4.69, 9.17) is 0 Å². The number of para-hydroxylation sites is 1. The van der Waals surface area contributed by atoms with E-state index in [1.807, 2.05) is 42.5 Å². The average Bonchev–Trinajstić information content (AvgIpc) is 2.65. The van der Waals surface area contributed by atoms with E-state index in [1.54, 1.807) is 36.5 Å². The summed E-state index contributed by atoms with van der Waals surface area (Å²) in [7, 11) is 0. The molecule has 0 aliphatic rings. The molecule has 0 aliphatic heterocycles. The van der Waals surface area contributed by atoms with E-state index in [9.17, 15) is 9.59 Å². The van der Waals surface area contributed by atoms with Gasteiger partial charge in [0, 0.05) is 16.0 Å². The van der Waals surface area contributed by atoms with Crippen LogP contribution in [0.4, 0.5) is 11.5 Å². The molecule has 0 saturated heterocycles. The molecule has 0 spiro atoms. The third-order valence-corrected chi connectivity index (χ3v) is 4.30. The first-order valence-electron chi connectivity index (χ1n) is 7.58. The third kappa shape index (κ3) is 4.68. The van der Waals surface area contributed by atoms with E-state index in [2.05, 4.69) is 15.6 Å². The summed E-state index contributed by atoms with van der Waals surface area (Å²) in [6, 6.07) is 22.2. The highest BCUT2D eigenvalue weighted by atomic mass is 32.2. The topological polar surface area (TPSA) is 71.1 Å². The molecule has 0 atom stereocenters. The van der Waals surface area contributed by atoms with Crippen molar-refractivity contribution in [3.05, 3.63) is 79.0 Å². The fourth-order valence-corrected chi connectivity index (χ4v) is 2.99. The molecule has 124 valence electrons. The van der Waals surface area contributed by atoms with Crippen LogP contribution >= 0.6 is 11.8 Å². The number of carbonyl (C=O) groups is 2. The Morgan fingerprint density at radius 3 is 2.20 bits per heavy atom. The Hall–Kier alpha value is -3.12. The number of aromatic nitrogens is 1. The molecule has 25 heavy (non-hydrogen) atoms. The molecule has 0 fully saturated rings. The number of pyridine rings is 1. The van der Waals surface area contributed by atoms with E-state index in [-0.39, 0.29) is 0 Å². The summed E-state index contributed by atoms with van der Waals surface area (Å²) in [4.78, 5) is 30.0. The Morgan fingerprint density at radius 2 is 1.44 bits per heavy atom. The van der Waals surface area contributed by atoms with E-state index in [1.165, 1.54) is 11.8 Å². The second-order valence-corrected chi connectivity index (χ2v) is 6.15. The molecule has 0 aliphatic carbocycles. The molecule has 1 aromatic heterocycles. The van der Waals surface area contributed by atoms with E-state index in [0.717, 1.165) is 9.79 Å². The summed E-state index contributed by atoms with van der Waals surface area (Å²) in [5, 5.41) is 5.11. The van der Waals surface area contributed by atoms with Crippen molar-refractivity contribution in [3.8, 4) is 0 Å². The lowest BCUT2D eigenvalue weighted by atomic mass is 10.3. The van der Waals surface area contributed by atoms with Crippen LogP contribution in [-0.4, -0.2) is 16.8 Å². The summed E-state index contributed by atoms with van der Waals surface area (Å²) in [5.74, 6) is -1.18. The normalized spacial score (nSPS) is 10.1. The van der Waals surface area contributed by atoms with Crippen molar-refractivity contribution in [1.29, 1.82) is 0 Å². The van der Waals surface area contributed by atoms with Crippen molar-refractivity contribution in [2.24, 2.45) is 0 Å². The van der Waals surface area contributed by atoms with Crippen LogP contribution in [0.25, 0.3) is 0 Å². The molecule has 3 rings (SSSR count). The van der Waals surface area contributed by atoms with Crippen molar-refractivity contribution in [2.75, 3.05) is 10.6 Å². The SMILES string of the molecule is O=C(Nc1ccccn1)C(=O)Nc1ccccc1Sc1ccccc1. The number of hydrogen-bond acceptors (Lipinski definition) is 4. The maximum atomic E-state index is 12.2. The first-order valence-corrected chi connectivity index (χ1v) is 8.39. The largest absolute Gasteiger partial charge is 0.317 e. The quantitative estimate of drug-likeness (QED) is 0.703. The van der Waals surface area contributed by atoms with Gasteiger partial charge in [-0.2, -0.15) is 0 Å². The van der Waals surface area contributed by atoms with Crippen molar-refractivity contribution in [3.63, 3.8) is 0 Å². The molecule has 6 heteroatoms. The second kappa shape index (κ2) is 8.12. The minimum atomic E-state index is -0.766. The van der Waals surface area contributed by atoms with Crippen LogP contribution in [0.1, 0.15) is 0 Å². The smallest absolute Gasteiger partial charge is 0.315 e. The van der Waals surface area contributed by atoms with Gasteiger partial charge in [0.25, 0.3) is 0 Å². The molecule has 1 heterocycles. The third-order valence-electron chi connectivity index (χ3n) is 3.22. The van der Waals surface area contributed by atoms with Gasteiger partial charge in [-0.05, 0) is 36.4 Å². The monoisotopic (exact) mass is 349 g/mol. The minimum absolute atomic E-state index is 0.328. The van der Waals surface area contributed by atoms with E-state index < -0.39 is 11.8 Å². The zero-order valence-electron chi connectivity index (χ0n) is 13.2. The predicted octanol–water partition coefficient (Wildman–Crippen LogP) is 3.81. The maximum Gasteiger partial charge on any atom is 0.315 e. The molecule has 2 aromatic carbocycles. The Kier molecular flexibility index (Phi) is 5.43. The lowest BCUT2D eigenvalue weighted by molar-refractivity contribution is -0.133. The molecule has 0 bridgehead atoms. The number of amides is 2.